The van der Waals surface area contributed by atoms with Crippen molar-refractivity contribution in [1.29, 1.82) is 0 Å². The van der Waals surface area contributed by atoms with Gasteiger partial charge in [-0.2, -0.15) is 5.10 Å². The normalized spacial score (nSPS) is 20.2. The van der Waals surface area contributed by atoms with Gasteiger partial charge in [0.05, 0.1) is 17.4 Å². The molecule has 0 bridgehead atoms. The summed E-state index contributed by atoms with van der Waals surface area (Å²) in [6, 6.07) is 7.69. The fourth-order valence-corrected chi connectivity index (χ4v) is 5.11. The van der Waals surface area contributed by atoms with E-state index in [9.17, 15) is 4.79 Å². The Morgan fingerprint density at radius 2 is 1.83 bits per heavy atom. The molecule has 1 aliphatic carbocycles. The molecule has 4 heterocycles. The van der Waals surface area contributed by atoms with E-state index in [1.165, 1.54) is 36.9 Å². The van der Waals surface area contributed by atoms with Gasteiger partial charge < -0.3 is 4.90 Å². The van der Waals surface area contributed by atoms with Gasteiger partial charge in [-0.1, -0.05) is 18.9 Å². The Balaban J connectivity index is 1.48. The zero-order chi connectivity index (χ0) is 20.7. The minimum Gasteiger partial charge on any atom is -0.329 e. The first-order valence-electron chi connectivity index (χ1n) is 11.2. The Morgan fingerprint density at radius 1 is 1.03 bits per heavy atom. The monoisotopic (exact) mass is 403 g/mol. The average molecular weight is 404 g/mol. The third-order valence-corrected chi connectivity index (χ3v) is 6.64. The number of nitrogens with zero attached hydrogens (tertiary/aromatic N) is 5. The van der Waals surface area contributed by atoms with Gasteiger partial charge in [-0.05, 0) is 63.6 Å². The van der Waals surface area contributed by atoms with Gasteiger partial charge in [0, 0.05) is 30.4 Å². The summed E-state index contributed by atoms with van der Waals surface area (Å²) in [4.78, 5) is 24.7. The molecule has 1 saturated carbocycles. The van der Waals surface area contributed by atoms with Crippen LogP contribution in [-0.2, 0) is 0 Å². The standard InChI is InChI=1S/C24H29N5O/c1-16-15-29-22(26-23(16)18-9-3-4-10-18)14-20(27-29)21-12-5-6-13-28(21)24(30)19-11-7-8-17(2)25-19/h7-8,11,14-15,18,21H,3-6,9-10,12-13H2,1-2H3. The van der Waals surface area contributed by atoms with Crippen LogP contribution in [-0.4, -0.2) is 36.9 Å². The summed E-state index contributed by atoms with van der Waals surface area (Å²) in [5.41, 5.74) is 5.65. The SMILES string of the molecule is Cc1cccc(C(=O)N2CCCCC2c2cc3nc(C4CCCC4)c(C)cn3n2)n1. The molecule has 0 spiro atoms. The molecule has 1 aliphatic heterocycles. The molecule has 1 atom stereocenters. The third-order valence-electron chi connectivity index (χ3n) is 6.64. The molecule has 6 nitrogen and oxygen atoms in total. The van der Waals surface area contributed by atoms with E-state index in [0.717, 1.165) is 42.8 Å². The number of aryl methyl sites for hydroxylation is 2. The number of likely N-dealkylation sites (tertiary alicyclic amines) is 1. The van der Waals surface area contributed by atoms with E-state index in [0.29, 0.717) is 11.6 Å². The van der Waals surface area contributed by atoms with E-state index in [1.54, 1.807) is 0 Å². The van der Waals surface area contributed by atoms with Gasteiger partial charge in [0.1, 0.15) is 5.69 Å². The first-order valence-corrected chi connectivity index (χ1v) is 11.2. The van der Waals surface area contributed by atoms with Crippen molar-refractivity contribution in [3.05, 3.63) is 58.8 Å². The second-order valence-corrected chi connectivity index (χ2v) is 8.84. The maximum Gasteiger partial charge on any atom is 0.273 e. The highest BCUT2D eigenvalue weighted by Crippen LogP contribution is 2.36. The Kier molecular flexibility index (Phi) is 5.01. The van der Waals surface area contributed by atoms with Crippen molar-refractivity contribution < 1.29 is 4.79 Å². The van der Waals surface area contributed by atoms with Crippen LogP contribution in [0.4, 0.5) is 0 Å². The summed E-state index contributed by atoms with van der Waals surface area (Å²) in [5, 5.41) is 4.85. The lowest BCUT2D eigenvalue weighted by Gasteiger charge is -2.34. The number of rotatable bonds is 3. The molecule has 2 fully saturated rings. The quantitative estimate of drug-likeness (QED) is 0.632. The van der Waals surface area contributed by atoms with Crippen LogP contribution < -0.4 is 0 Å². The predicted octanol–water partition coefficient (Wildman–Crippen LogP) is 4.77. The lowest BCUT2D eigenvalue weighted by atomic mass is 9.98. The van der Waals surface area contributed by atoms with Crippen molar-refractivity contribution in [2.24, 2.45) is 0 Å². The molecule has 0 N–H and O–H groups in total. The molecule has 30 heavy (non-hydrogen) atoms. The molecule has 1 saturated heterocycles. The summed E-state index contributed by atoms with van der Waals surface area (Å²) in [5.74, 6) is 0.574. The predicted molar refractivity (Wildman–Crippen MR) is 116 cm³/mol. The molecular weight excluding hydrogens is 374 g/mol. The molecule has 3 aromatic heterocycles. The molecule has 3 aromatic rings. The lowest BCUT2D eigenvalue weighted by Crippen LogP contribution is -2.39. The van der Waals surface area contributed by atoms with Crippen LogP contribution in [0.5, 0.6) is 0 Å². The zero-order valence-electron chi connectivity index (χ0n) is 17.8. The summed E-state index contributed by atoms with van der Waals surface area (Å²) in [6.45, 7) is 4.80. The van der Waals surface area contributed by atoms with Crippen LogP contribution in [0.25, 0.3) is 5.65 Å². The van der Waals surface area contributed by atoms with Gasteiger partial charge in [0.2, 0.25) is 0 Å². The number of amides is 1. The number of carbonyl (C=O) groups is 1. The summed E-state index contributed by atoms with van der Waals surface area (Å²) >= 11 is 0. The van der Waals surface area contributed by atoms with Gasteiger partial charge in [-0.3, -0.25) is 4.79 Å². The number of pyridine rings is 1. The van der Waals surface area contributed by atoms with Gasteiger partial charge in [-0.15, -0.1) is 0 Å². The zero-order valence-corrected chi connectivity index (χ0v) is 17.8. The minimum absolute atomic E-state index is 0.00348. The number of hydrogen-bond acceptors (Lipinski definition) is 4. The van der Waals surface area contributed by atoms with E-state index < -0.39 is 0 Å². The smallest absolute Gasteiger partial charge is 0.273 e. The molecule has 0 radical (unpaired) electrons. The molecule has 6 heteroatoms. The van der Waals surface area contributed by atoms with Gasteiger partial charge >= 0.3 is 0 Å². The number of piperidine rings is 1. The topological polar surface area (TPSA) is 63.4 Å². The van der Waals surface area contributed by atoms with Crippen molar-refractivity contribution in [2.45, 2.75) is 70.8 Å². The van der Waals surface area contributed by atoms with Crippen molar-refractivity contribution in [3.63, 3.8) is 0 Å². The average Bonchev–Trinajstić information content (AvgIpc) is 3.42. The van der Waals surface area contributed by atoms with Crippen molar-refractivity contribution in [3.8, 4) is 0 Å². The first kappa shape index (κ1) is 19.2. The second kappa shape index (κ2) is 7.82. The molecule has 2 aliphatic rings. The Morgan fingerprint density at radius 3 is 2.63 bits per heavy atom. The van der Waals surface area contributed by atoms with Gasteiger partial charge in [-0.25, -0.2) is 14.5 Å². The van der Waals surface area contributed by atoms with Crippen molar-refractivity contribution >= 4 is 11.6 Å². The van der Waals surface area contributed by atoms with Crippen LogP contribution in [0, 0.1) is 13.8 Å². The molecule has 1 unspecified atom stereocenters. The highest BCUT2D eigenvalue weighted by Gasteiger charge is 2.31. The second-order valence-electron chi connectivity index (χ2n) is 8.84. The number of aromatic nitrogens is 4. The van der Waals surface area contributed by atoms with E-state index >= 15 is 0 Å². The van der Waals surface area contributed by atoms with E-state index in [4.69, 9.17) is 10.1 Å². The summed E-state index contributed by atoms with van der Waals surface area (Å²) in [6.07, 6.45) is 10.2. The van der Waals surface area contributed by atoms with Crippen LogP contribution in [0.1, 0.15) is 90.0 Å². The van der Waals surface area contributed by atoms with Crippen LogP contribution >= 0.6 is 0 Å². The molecule has 156 valence electrons. The molecular formula is C24H29N5O. The maximum atomic E-state index is 13.2. The molecule has 0 aromatic carbocycles. The van der Waals surface area contributed by atoms with E-state index in [2.05, 4.69) is 24.2 Å². The molecule has 1 amide bonds. The lowest BCUT2D eigenvalue weighted by molar-refractivity contribution is 0.0599. The molecule has 5 rings (SSSR count). The van der Waals surface area contributed by atoms with Crippen LogP contribution in [0.15, 0.2) is 30.5 Å². The Hall–Kier alpha value is -2.76. The number of fused-ring (bicyclic) bond motifs is 1. The largest absolute Gasteiger partial charge is 0.329 e. The fraction of sp³-hybridized carbons (Fsp3) is 0.500. The maximum absolute atomic E-state index is 13.2. The van der Waals surface area contributed by atoms with Gasteiger partial charge in [0.25, 0.3) is 5.91 Å². The fourth-order valence-electron chi connectivity index (χ4n) is 5.11. The number of carbonyl (C=O) groups excluding carboxylic acids is 1. The van der Waals surface area contributed by atoms with Crippen molar-refractivity contribution in [1.82, 2.24) is 24.5 Å². The van der Waals surface area contributed by atoms with Crippen LogP contribution in [0.2, 0.25) is 0 Å². The highest BCUT2D eigenvalue weighted by atomic mass is 16.2. The highest BCUT2D eigenvalue weighted by molar-refractivity contribution is 5.92. The Labute approximate surface area is 177 Å². The Bertz CT molecular complexity index is 1080. The first-order chi connectivity index (χ1) is 14.6. The number of hydrogen-bond donors (Lipinski definition) is 0. The van der Waals surface area contributed by atoms with E-state index in [-0.39, 0.29) is 11.9 Å². The van der Waals surface area contributed by atoms with E-state index in [1.807, 2.05) is 34.5 Å². The van der Waals surface area contributed by atoms with Gasteiger partial charge in [0.15, 0.2) is 5.65 Å². The van der Waals surface area contributed by atoms with Crippen LogP contribution in [0.3, 0.4) is 0 Å². The summed E-state index contributed by atoms with van der Waals surface area (Å²) < 4.78 is 1.89. The third kappa shape index (κ3) is 3.48. The van der Waals surface area contributed by atoms with Crippen molar-refractivity contribution in [2.75, 3.05) is 6.54 Å². The minimum atomic E-state index is -0.0227. The summed E-state index contributed by atoms with van der Waals surface area (Å²) in [7, 11) is 0.